The molecule has 0 aromatic carbocycles. The van der Waals surface area contributed by atoms with Crippen LogP contribution in [0, 0.1) is 5.41 Å². The Bertz CT molecular complexity index is 565. The third-order valence-corrected chi connectivity index (χ3v) is 5.04. The lowest BCUT2D eigenvalue weighted by atomic mass is 9.70. The first-order valence-corrected chi connectivity index (χ1v) is 8.77. The summed E-state index contributed by atoms with van der Waals surface area (Å²) in [5.74, 6) is 0. The molecule has 1 aliphatic carbocycles. The Morgan fingerprint density at radius 2 is 1.87 bits per heavy atom. The van der Waals surface area contributed by atoms with E-state index < -0.39 is 0 Å². The molecule has 0 aromatic heterocycles. The second-order valence-electron chi connectivity index (χ2n) is 7.47. The zero-order chi connectivity index (χ0) is 17.6. The highest BCUT2D eigenvalue weighted by Crippen LogP contribution is 2.43. The van der Waals surface area contributed by atoms with Gasteiger partial charge in [0.15, 0.2) is 0 Å². The smallest absolute Gasteiger partial charge is 0.0747 e. The molecule has 0 saturated heterocycles. The molecule has 1 aliphatic rings. The maximum atomic E-state index is 9.75. The molecule has 0 amide bonds. The standard InChI is InChI=1S/C22H34O/c1-8-21(23)18(4)11-9-10-16(2)12-13-20-19(5)17(3)14-15-22(20,6)7/h9-13,21,23H,8,14-15H2,1-7H3/b10-9+,16-12+,18-11+,20-13+. The SMILES string of the molecule is CCC(O)/C(C)=C/C=C/C(C)=C/C=C1\C(C)=C(C)CCC1(C)C. The first-order chi connectivity index (χ1) is 10.7. The van der Waals surface area contributed by atoms with E-state index in [4.69, 9.17) is 0 Å². The molecule has 0 aliphatic heterocycles. The van der Waals surface area contributed by atoms with E-state index in [1.807, 2.05) is 26.0 Å². The van der Waals surface area contributed by atoms with Gasteiger partial charge >= 0.3 is 0 Å². The Hall–Kier alpha value is -1.34. The summed E-state index contributed by atoms with van der Waals surface area (Å²) in [4.78, 5) is 0. The predicted molar refractivity (Wildman–Crippen MR) is 102 cm³/mol. The molecule has 1 unspecified atom stereocenters. The fraction of sp³-hybridized carbons (Fsp3) is 0.545. The molecular weight excluding hydrogens is 280 g/mol. The van der Waals surface area contributed by atoms with Gasteiger partial charge in [0.25, 0.3) is 0 Å². The van der Waals surface area contributed by atoms with Gasteiger partial charge in [-0.15, -0.1) is 0 Å². The van der Waals surface area contributed by atoms with Crippen LogP contribution in [0.15, 0.2) is 58.2 Å². The molecule has 23 heavy (non-hydrogen) atoms. The normalized spacial score (nSPS) is 23.0. The molecular formula is C22H34O. The van der Waals surface area contributed by atoms with Crippen molar-refractivity contribution in [2.24, 2.45) is 5.41 Å². The summed E-state index contributed by atoms with van der Waals surface area (Å²) in [6, 6.07) is 0. The first kappa shape index (κ1) is 19.7. The molecule has 1 nitrogen and oxygen atoms in total. The van der Waals surface area contributed by atoms with Crippen molar-refractivity contribution >= 4 is 0 Å². The van der Waals surface area contributed by atoms with Crippen molar-refractivity contribution in [1.82, 2.24) is 0 Å². The van der Waals surface area contributed by atoms with Gasteiger partial charge in [-0.1, -0.05) is 62.3 Å². The largest absolute Gasteiger partial charge is 0.389 e. The lowest BCUT2D eigenvalue weighted by Gasteiger charge is -2.34. The molecule has 128 valence electrons. The van der Waals surface area contributed by atoms with Gasteiger partial charge in [0.2, 0.25) is 0 Å². The van der Waals surface area contributed by atoms with Gasteiger partial charge in [0.05, 0.1) is 6.10 Å². The van der Waals surface area contributed by atoms with Crippen molar-refractivity contribution in [2.75, 3.05) is 0 Å². The van der Waals surface area contributed by atoms with Crippen LogP contribution in [0.4, 0.5) is 0 Å². The summed E-state index contributed by atoms with van der Waals surface area (Å²) >= 11 is 0. The topological polar surface area (TPSA) is 20.2 Å². The van der Waals surface area contributed by atoms with E-state index in [0.29, 0.717) is 0 Å². The summed E-state index contributed by atoms with van der Waals surface area (Å²) in [6.07, 6.45) is 13.5. The minimum atomic E-state index is -0.329. The summed E-state index contributed by atoms with van der Waals surface area (Å²) in [5.41, 5.74) is 6.92. The molecule has 0 aromatic rings. The minimum Gasteiger partial charge on any atom is -0.389 e. The molecule has 0 bridgehead atoms. The number of allylic oxidation sites excluding steroid dienone is 9. The van der Waals surface area contributed by atoms with Crippen molar-refractivity contribution in [1.29, 1.82) is 0 Å². The van der Waals surface area contributed by atoms with Crippen LogP contribution in [0.2, 0.25) is 0 Å². The van der Waals surface area contributed by atoms with Crippen molar-refractivity contribution in [3.63, 3.8) is 0 Å². The molecule has 0 spiro atoms. The van der Waals surface area contributed by atoms with Crippen LogP contribution in [-0.4, -0.2) is 11.2 Å². The second kappa shape index (κ2) is 8.49. The Morgan fingerprint density at radius 3 is 2.48 bits per heavy atom. The fourth-order valence-corrected chi connectivity index (χ4v) is 2.97. The molecule has 1 atom stereocenters. The van der Waals surface area contributed by atoms with Crippen molar-refractivity contribution in [2.45, 2.75) is 73.8 Å². The molecule has 0 fully saturated rings. The quantitative estimate of drug-likeness (QED) is 0.591. The van der Waals surface area contributed by atoms with Gasteiger partial charge in [0, 0.05) is 0 Å². The maximum absolute atomic E-state index is 9.75. The van der Waals surface area contributed by atoms with Gasteiger partial charge in [0.1, 0.15) is 0 Å². The Kier molecular flexibility index (Phi) is 7.28. The van der Waals surface area contributed by atoms with Crippen LogP contribution in [0.5, 0.6) is 0 Å². The van der Waals surface area contributed by atoms with Crippen molar-refractivity contribution < 1.29 is 5.11 Å². The van der Waals surface area contributed by atoms with Gasteiger partial charge in [-0.05, 0) is 69.1 Å². The first-order valence-electron chi connectivity index (χ1n) is 8.77. The molecule has 1 N–H and O–H groups in total. The highest BCUT2D eigenvalue weighted by molar-refractivity contribution is 5.43. The number of aliphatic hydroxyl groups is 1. The molecule has 1 heteroatoms. The summed E-state index contributed by atoms with van der Waals surface area (Å²) in [7, 11) is 0. The van der Waals surface area contributed by atoms with Crippen LogP contribution in [0.1, 0.15) is 67.7 Å². The van der Waals surface area contributed by atoms with Crippen LogP contribution in [0.3, 0.4) is 0 Å². The van der Waals surface area contributed by atoms with Gasteiger partial charge in [-0.3, -0.25) is 0 Å². The third-order valence-electron chi connectivity index (χ3n) is 5.04. The van der Waals surface area contributed by atoms with E-state index in [0.717, 1.165) is 12.0 Å². The van der Waals surface area contributed by atoms with E-state index in [1.54, 1.807) is 0 Å². The zero-order valence-electron chi connectivity index (χ0n) is 16.0. The zero-order valence-corrected chi connectivity index (χ0v) is 16.0. The molecule has 0 radical (unpaired) electrons. The van der Waals surface area contributed by atoms with E-state index in [2.05, 4.69) is 52.8 Å². The van der Waals surface area contributed by atoms with Gasteiger partial charge < -0.3 is 5.11 Å². The lowest BCUT2D eigenvalue weighted by Crippen LogP contribution is -2.20. The summed E-state index contributed by atoms with van der Waals surface area (Å²) < 4.78 is 0. The number of rotatable bonds is 5. The Labute approximate surface area is 143 Å². The van der Waals surface area contributed by atoms with E-state index in [-0.39, 0.29) is 11.5 Å². The molecule has 0 saturated carbocycles. The third kappa shape index (κ3) is 5.66. The summed E-state index contributed by atoms with van der Waals surface area (Å²) in [6.45, 7) is 15.3. The van der Waals surface area contributed by atoms with E-state index in [9.17, 15) is 5.11 Å². The maximum Gasteiger partial charge on any atom is 0.0747 e. The van der Waals surface area contributed by atoms with Crippen LogP contribution < -0.4 is 0 Å². The Balaban J connectivity index is 2.92. The number of hydrogen-bond donors (Lipinski definition) is 1. The fourth-order valence-electron chi connectivity index (χ4n) is 2.97. The second-order valence-corrected chi connectivity index (χ2v) is 7.47. The van der Waals surface area contributed by atoms with Crippen molar-refractivity contribution in [3.05, 3.63) is 58.2 Å². The van der Waals surface area contributed by atoms with E-state index in [1.165, 1.54) is 35.1 Å². The minimum absolute atomic E-state index is 0.256. The van der Waals surface area contributed by atoms with Gasteiger partial charge in [-0.2, -0.15) is 0 Å². The van der Waals surface area contributed by atoms with Gasteiger partial charge in [-0.25, -0.2) is 0 Å². The highest BCUT2D eigenvalue weighted by Gasteiger charge is 2.28. The Morgan fingerprint density at radius 1 is 1.22 bits per heavy atom. The average Bonchev–Trinajstić information content (AvgIpc) is 2.50. The van der Waals surface area contributed by atoms with Crippen LogP contribution in [0.25, 0.3) is 0 Å². The molecule has 0 heterocycles. The highest BCUT2D eigenvalue weighted by atomic mass is 16.3. The van der Waals surface area contributed by atoms with Crippen LogP contribution >= 0.6 is 0 Å². The monoisotopic (exact) mass is 314 g/mol. The predicted octanol–water partition coefficient (Wildman–Crippen LogP) is 6.29. The molecule has 1 rings (SSSR count). The number of aliphatic hydroxyl groups excluding tert-OH is 1. The van der Waals surface area contributed by atoms with Crippen molar-refractivity contribution in [3.8, 4) is 0 Å². The number of hydrogen-bond acceptors (Lipinski definition) is 1. The summed E-state index contributed by atoms with van der Waals surface area (Å²) in [5, 5.41) is 9.75. The lowest BCUT2D eigenvalue weighted by molar-refractivity contribution is 0.206. The van der Waals surface area contributed by atoms with Crippen LogP contribution in [-0.2, 0) is 0 Å². The van der Waals surface area contributed by atoms with E-state index >= 15 is 0 Å². The average molecular weight is 315 g/mol.